The predicted molar refractivity (Wildman–Crippen MR) is 68.1 cm³/mol. The maximum Gasteiger partial charge on any atom is 0.238 e. The lowest BCUT2D eigenvalue weighted by molar-refractivity contribution is -0.122. The molecule has 1 saturated heterocycles. The lowest BCUT2D eigenvalue weighted by Gasteiger charge is -2.09. The summed E-state index contributed by atoms with van der Waals surface area (Å²) in [6.07, 6.45) is 0. The van der Waals surface area contributed by atoms with Crippen LogP contribution in [-0.2, 0) is 11.3 Å². The first-order chi connectivity index (χ1) is 7.25. The average molecular weight is 307 g/mol. The fraction of sp³-hybridized carbons (Fsp3) is 0.444. The zero-order chi connectivity index (χ0) is 10.7. The third kappa shape index (κ3) is 3.21. The van der Waals surface area contributed by atoms with Crippen molar-refractivity contribution in [2.75, 3.05) is 11.6 Å². The van der Waals surface area contributed by atoms with Crippen LogP contribution in [0.25, 0.3) is 0 Å². The van der Waals surface area contributed by atoms with Gasteiger partial charge in [0.2, 0.25) is 5.91 Å². The van der Waals surface area contributed by atoms with E-state index in [1.54, 1.807) is 23.1 Å². The highest BCUT2D eigenvalue weighted by Crippen LogP contribution is 2.19. The minimum atomic E-state index is -0.0154. The molecule has 1 amide bonds. The van der Waals surface area contributed by atoms with Gasteiger partial charge in [0.1, 0.15) is 0 Å². The molecule has 2 rings (SSSR count). The highest BCUT2D eigenvalue weighted by Gasteiger charge is 2.21. The van der Waals surface area contributed by atoms with Gasteiger partial charge in [-0.05, 0) is 22.0 Å². The van der Waals surface area contributed by atoms with Crippen LogP contribution in [0.3, 0.4) is 0 Å². The molecule has 0 radical (unpaired) electrons. The molecule has 6 heteroatoms. The Labute approximate surface area is 105 Å². The Morgan fingerprint density at radius 1 is 1.73 bits per heavy atom. The van der Waals surface area contributed by atoms with Crippen LogP contribution < -0.4 is 10.6 Å². The number of halogens is 1. The first-order valence-corrected chi connectivity index (χ1v) is 7.40. The normalized spacial score (nSPS) is 20.5. The van der Waals surface area contributed by atoms with E-state index in [1.807, 2.05) is 11.4 Å². The van der Waals surface area contributed by atoms with Crippen LogP contribution in [0.4, 0.5) is 0 Å². The van der Waals surface area contributed by atoms with Crippen LogP contribution in [0.1, 0.15) is 4.88 Å². The molecular formula is C9H11BrN2OS2. The summed E-state index contributed by atoms with van der Waals surface area (Å²) in [5.74, 6) is 1.85. The molecule has 0 saturated carbocycles. The van der Waals surface area contributed by atoms with Gasteiger partial charge in [0.25, 0.3) is 0 Å². The Hall–Kier alpha value is -0.0400. The second-order valence-corrected chi connectivity index (χ2v) is 6.16. The number of thioether (sulfide) groups is 1. The fourth-order valence-corrected chi connectivity index (χ4v) is 3.64. The number of hydrogen-bond donors (Lipinski definition) is 2. The fourth-order valence-electron chi connectivity index (χ4n) is 1.31. The van der Waals surface area contributed by atoms with Gasteiger partial charge in [0, 0.05) is 26.4 Å². The Morgan fingerprint density at radius 2 is 2.60 bits per heavy atom. The van der Waals surface area contributed by atoms with Crippen molar-refractivity contribution in [3.8, 4) is 0 Å². The smallest absolute Gasteiger partial charge is 0.238 e. The largest absolute Gasteiger partial charge is 0.350 e. The third-order valence-electron chi connectivity index (χ3n) is 2.09. The minimum absolute atomic E-state index is 0.0154. The standard InChI is InChI=1S/C9H11BrN2OS2/c10-6-1-7(15-3-6)2-11-9(13)8-4-14-5-12-8/h1,3,8,12H,2,4-5H2,(H,11,13)/t8-/m1/s1. The third-order valence-corrected chi connectivity index (χ3v) is 4.73. The zero-order valence-electron chi connectivity index (χ0n) is 7.96. The summed E-state index contributed by atoms with van der Waals surface area (Å²) in [7, 11) is 0. The summed E-state index contributed by atoms with van der Waals surface area (Å²) in [5.41, 5.74) is 0. The lowest BCUT2D eigenvalue weighted by atomic mass is 10.3. The summed E-state index contributed by atoms with van der Waals surface area (Å²) in [6.45, 7) is 0.623. The first kappa shape index (κ1) is 11.4. The molecule has 1 fully saturated rings. The van der Waals surface area contributed by atoms with E-state index in [9.17, 15) is 4.79 Å². The molecule has 0 aliphatic carbocycles. The highest BCUT2D eigenvalue weighted by molar-refractivity contribution is 9.10. The van der Waals surface area contributed by atoms with E-state index in [1.165, 1.54) is 4.88 Å². The number of rotatable bonds is 3. The Bertz CT molecular complexity index is 350. The molecule has 1 aliphatic heterocycles. The van der Waals surface area contributed by atoms with Crippen LogP contribution >= 0.6 is 39.0 Å². The molecule has 0 aromatic carbocycles. The van der Waals surface area contributed by atoms with Crippen molar-refractivity contribution in [1.82, 2.24) is 10.6 Å². The summed E-state index contributed by atoms with van der Waals surface area (Å²) < 4.78 is 1.08. The van der Waals surface area contributed by atoms with Crippen molar-refractivity contribution in [3.63, 3.8) is 0 Å². The van der Waals surface area contributed by atoms with Crippen LogP contribution in [0.15, 0.2) is 15.9 Å². The average Bonchev–Trinajstić information content (AvgIpc) is 2.84. The topological polar surface area (TPSA) is 41.1 Å². The van der Waals surface area contributed by atoms with Crippen molar-refractivity contribution in [3.05, 3.63) is 20.8 Å². The molecule has 0 bridgehead atoms. The first-order valence-electron chi connectivity index (χ1n) is 4.57. The minimum Gasteiger partial charge on any atom is -0.350 e. The molecule has 1 aromatic heterocycles. The molecule has 1 aliphatic rings. The maximum absolute atomic E-state index is 11.6. The molecule has 2 N–H and O–H groups in total. The van der Waals surface area contributed by atoms with Crippen molar-refractivity contribution in [1.29, 1.82) is 0 Å². The van der Waals surface area contributed by atoms with Crippen molar-refractivity contribution in [2.24, 2.45) is 0 Å². The van der Waals surface area contributed by atoms with E-state index in [-0.39, 0.29) is 11.9 Å². The summed E-state index contributed by atoms with van der Waals surface area (Å²) in [5, 5.41) is 8.09. The highest BCUT2D eigenvalue weighted by atomic mass is 79.9. The van der Waals surface area contributed by atoms with E-state index in [2.05, 4.69) is 26.6 Å². The van der Waals surface area contributed by atoms with Crippen LogP contribution in [0.5, 0.6) is 0 Å². The maximum atomic E-state index is 11.6. The second-order valence-electron chi connectivity index (χ2n) is 3.22. The van der Waals surface area contributed by atoms with Gasteiger partial charge in [0.05, 0.1) is 12.6 Å². The van der Waals surface area contributed by atoms with E-state index < -0.39 is 0 Å². The van der Waals surface area contributed by atoms with Gasteiger partial charge in [-0.3, -0.25) is 10.1 Å². The van der Waals surface area contributed by atoms with Gasteiger partial charge in [-0.15, -0.1) is 23.1 Å². The molecule has 1 aromatic rings. The molecule has 82 valence electrons. The van der Waals surface area contributed by atoms with Gasteiger partial charge in [-0.25, -0.2) is 0 Å². The number of amides is 1. The summed E-state index contributed by atoms with van der Waals surface area (Å²) in [6, 6.07) is 2.01. The van der Waals surface area contributed by atoms with Crippen molar-refractivity contribution in [2.45, 2.75) is 12.6 Å². The number of hydrogen-bond acceptors (Lipinski definition) is 4. The van der Waals surface area contributed by atoms with Gasteiger partial charge >= 0.3 is 0 Å². The molecule has 0 spiro atoms. The molecule has 3 nitrogen and oxygen atoms in total. The molecule has 2 heterocycles. The SMILES string of the molecule is O=C(NCc1cc(Br)cs1)[C@H]1CSCN1. The summed E-state index contributed by atoms with van der Waals surface area (Å²) >= 11 is 6.79. The molecule has 15 heavy (non-hydrogen) atoms. The van der Waals surface area contributed by atoms with Gasteiger partial charge in [-0.1, -0.05) is 0 Å². The van der Waals surface area contributed by atoms with Gasteiger partial charge in [0.15, 0.2) is 0 Å². The Balaban J connectivity index is 1.80. The zero-order valence-corrected chi connectivity index (χ0v) is 11.2. The summed E-state index contributed by atoms with van der Waals surface area (Å²) in [4.78, 5) is 12.8. The van der Waals surface area contributed by atoms with Crippen LogP contribution in [0, 0.1) is 0 Å². The quantitative estimate of drug-likeness (QED) is 0.894. The van der Waals surface area contributed by atoms with E-state index >= 15 is 0 Å². The van der Waals surface area contributed by atoms with Crippen molar-refractivity contribution >= 4 is 44.9 Å². The van der Waals surface area contributed by atoms with E-state index in [0.29, 0.717) is 6.54 Å². The number of thiophene rings is 1. The number of carbonyl (C=O) groups is 1. The Morgan fingerprint density at radius 3 is 3.20 bits per heavy atom. The van der Waals surface area contributed by atoms with Crippen LogP contribution in [0.2, 0.25) is 0 Å². The number of carbonyl (C=O) groups excluding carboxylic acids is 1. The van der Waals surface area contributed by atoms with Gasteiger partial charge < -0.3 is 5.32 Å². The molecule has 0 unspecified atom stereocenters. The second kappa shape index (κ2) is 5.34. The molecular weight excluding hydrogens is 296 g/mol. The lowest BCUT2D eigenvalue weighted by Crippen LogP contribution is -2.41. The molecule has 1 atom stereocenters. The number of nitrogens with one attached hydrogen (secondary N) is 2. The monoisotopic (exact) mass is 306 g/mol. The van der Waals surface area contributed by atoms with Crippen LogP contribution in [-0.4, -0.2) is 23.6 Å². The van der Waals surface area contributed by atoms with Gasteiger partial charge in [-0.2, -0.15) is 0 Å². The predicted octanol–water partition coefficient (Wildman–Crippen LogP) is 1.79. The van der Waals surface area contributed by atoms with E-state index in [4.69, 9.17) is 0 Å². The van der Waals surface area contributed by atoms with Crippen molar-refractivity contribution < 1.29 is 4.79 Å². The Kier molecular flexibility index (Phi) is 4.07. The van der Waals surface area contributed by atoms with E-state index in [0.717, 1.165) is 16.1 Å².